The molecule has 17 amide bonds. The summed E-state index contributed by atoms with van der Waals surface area (Å²) in [5.41, 5.74) is 43.1. The molecule has 4 heterocycles. The molecule has 0 unspecified atom stereocenters. The molecule has 1 saturated heterocycles. The summed E-state index contributed by atoms with van der Waals surface area (Å²) in [6.45, 7) is -1.88. The van der Waals surface area contributed by atoms with Gasteiger partial charge in [-0.25, -0.2) is 4.79 Å². The van der Waals surface area contributed by atoms with Gasteiger partial charge in [0.25, 0.3) is 0 Å². The number of guanidine groups is 1. The Morgan fingerprint density at radius 2 is 0.801 bits per heavy atom. The van der Waals surface area contributed by atoms with Crippen LogP contribution in [-0.4, -0.2) is 259 Å². The Morgan fingerprint density at radius 3 is 1.26 bits per heavy atom. The molecule has 1 fully saturated rings. The molecule has 726 valence electrons. The number of fused-ring (bicyclic) bond motifs is 3. The first-order chi connectivity index (χ1) is 64.9. The van der Waals surface area contributed by atoms with E-state index in [1.165, 1.54) is 30.5 Å². The second kappa shape index (κ2) is 50.7. The van der Waals surface area contributed by atoms with Crippen molar-refractivity contribution in [3.05, 3.63) is 174 Å². The number of aromatic hydroxyl groups is 1. The van der Waals surface area contributed by atoms with E-state index in [0.29, 0.717) is 74.2 Å². The summed E-state index contributed by atoms with van der Waals surface area (Å²) in [5.74, 6) is -20.2. The number of H-pyrrole nitrogens is 3. The first-order valence-electron chi connectivity index (χ1n) is 43.8. The third-order valence-corrected chi connectivity index (χ3v) is 22.5. The van der Waals surface area contributed by atoms with Crippen LogP contribution in [0, 0.1) is 5.41 Å². The molecule has 0 aliphatic carbocycles. The molecular weight excluding hydrogens is 1770 g/mol. The largest absolute Gasteiger partial charge is 0.508 e. The van der Waals surface area contributed by atoms with Crippen LogP contribution in [0.4, 0.5) is 0 Å². The summed E-state index contributed by atoms with van der Waals surface area (Å²) >= 11 is 0. The van der Waals surface area contributed by atoms with Gasteiger partial charge in [-0.2, -0.15) is 0 Å². The quantitative estimate of drug-likeness (QED) is 0.00960. The average molecular weight is 1880 g/mol. The number of aromatic nitrogens is 3. The van der Waals surface area contributed by atoms with Gasteiger partial charge in [-0.1, -0.05) is 97.1 Å². The lowest BCUT2D eigenvalue weighted by molar-refractivity contribution is -0.142. The van der Waals surface area contributed by atoms with Crippen molar-refractivity contribution in [3.8, 4) is 5.75 Å². The standard InChI is InChI=1S/C90H115N25O21/c91-31-11-10-22-62(89(135)136)107-80(126)63(34-47-14-2-1-3-15-47)108-78(124)60(23-12-32-99-90(97)98)105-79(125)61(29-30-72(93)118)106-84(130)68(40-74(95)120)112-81(127)64(35-48-25-27-52(117)28-26-48)109-83(129)67(38-51-44-102-59-21-9-6-18-55(51)59)111-86(132)70(46-116)114-82(128)66(37-50-43-101-58-20-8-5-17-54(50)58)104-76(122)45-103-77(123)65(36-49-42-100-57-19-7-4-16-53(49)57)110-85(131)69(41-75(96)121)113-87(133)71-24-13-33-115(71)88(134)56(92)39-73(94)119/h1-9,14-21,25-28,42-44,56,60-71,100-102,116-117H,10-13,22-24,29-41,45-46,91-92H2,(H2,93,118)(H2,94,119)(H2,95,120)(H2,96,121)(H,103,123)(H,104,122)(H,105,125)(H,106,130)(H,107,126)(H,108,124)(H,109,129)(H,110,131)(H,111,132)(H,112,127)(H,113,133)(H,114,128)(H,135,136)(H4,97,98,99)/t56-,60-,61-,62-,63-,64-,65-,66-,67-,68-,69-,70-,71-/m0/s1. The molecule has 0 radical (unpaired) electrons. The molecule has 5 aromatic carbocycles. The number of nitrogens with two attached hydrogens (primary N) is 7. The number of aliphatic carboxylic acids is 1. The highest BCUT2D eigenvalue weighted by molar-refractivity contribution is 6.03. The summed E-state index contributed by atoms with van der Waals surface area (Å²) in [6.07, 6.45) is 0.118. The molecule has 1 aliphatic rings. The van der Waals surface area contributed by atoms with Gasteiger partial charge in [0.1, 0.15) is 78.3 Å². The maximum Gasteiger partial charge on any atom is 0.326 e. The molecule has 9 rings (SSSR count). The molecule has 8 aromatic rings. The van der Waals surface area contributed by atoms with Crippen LogP contribution in [0.1, 0.15) is 105 Å². The fourth-order valence-electron chi connectivity index (χ4n) is 15.5. The van der Waals surface area contributed by atoms with E-state index in [-0.39, 0.29) is 75.9 Å². The number of primary amides is 4. The van der Waals surface area contributed by atoms with Crippen LogP contribution in [0.5, 0.6) is 5.75 Å². The van der Waals surface area contributed by atoms with Crippen molar-refractivity contribution in [2.45, 2.75) is 188 Å². The maximum atomic E-state index is 15.4. The molecule has 34 N–H and O–H groups in total. The highest BCUT2D eigenvalue weighted by Crippen LogP contribution is 2.25. The van der Waals surface area contributed by atoms with Crippen molar-refractivity contribution in [3.63, 3.8) is 0 Å². The third-order valence-electron chi connectivity index (χ3n) is 22.5. The lowest BCUT2D eigenvalue weighted by atomic mass is 10.0. The van der Waals surface area contributed by atoms with Gasteiger partial charge in [0, 0.05) is 103 Å². The number of carbonyl (C=O) groups is 18. The number of unbranched alkanes of at least 4 members (excludes halogenated alkanes) is 1. The minimum atomic E-state index is -2.06. The molecule has 1 aliphatic heterocycles. The fourth-order valence-corrected chi connectivity index (χ4v) is 15.5. The van der Waals surface area contributed by atoms with E-state index in [9.17, 15) is 87.2 Å². The Hall–Kier alpha value is -15.9. The van der Waals surface area contributed by atoms with E-state index in [0.717, 1.165) is 4.90 Å². The lowest BCUT2D eigenvalue weighted by Crippen LogP contribution is -2.61. The molecule has 3 aromatic heterocycles. The average Bonchev–Trinajstić information content (AvgIpc) is 1.61. The van der Waals surface area contributed by atoms with Crippen LogP contribution in [-0.2, 0) is 118 Å². The zero-order valence-electron chi connectivity index (χ0n) is 74.1. The topological polar surface area (TPSA) is 781 Å². The number of benzene rings is 5. The summed E-state index contributed by atoms with van der Waals surface area (Å²) in [6, 6.07) is 12.3. The Labute approximate surface area is 777 Å². The van der Waals surface area contributed by atoms with Gasteiger partial charge in [0.2, 0.25) is 100 Å². The van der Waals surface area contributed by atoms with Crippen molar-refractivity contribution in [1.29, 1.82) is 5.41 Å². The molecule has 13 atom stereocenters. The highest BCUT2D eigenvalue weighted by Gasteiger charge is 2.42. The molecular formula is C90H115N25O21. The Kier molecular flexibility index (Phi) is 38.7. The fraction of sp³-hybridized carbons (Fsp3) is 0.389. The number of rotatable bonds is 54. The Balaban J connectivity index is 0.952. The summed E-state index contributed by atoms with van der Waals surface area (Å²) < 4.78 is 0. The number of hydrogen-bond acceptors (Lipinski definition) is 23. The van der Waals surface area contributed by atoms with Gasteiger partial charge in [-0.05, 0) is 116 Å². The number of para-hydroxylation sites is 3. The minimum Gasteiger partial charge on any atom is -0.508 e. The van der Waals surface area contributed by atoms with Crippen molar-refractivity contribution in [1.82, 2.24) is 89.0 Å². The first kappa shape index (κ1) is 104. The first-order valence-corrected chi connectivity index (χ1v) is 43.8. The van der Waals surface area contributed by atoms with Crippen molar-refractivity contribution in [2.75, 3.05) is 32.8 Å². The number of nitrogens with one attached hydrogen (secondary N) is 17. The van der Waals surface area contributed by atoms with Gasteiger partial charge >= 0.3 is 5.97 Å². The number of aromatic amines is 3. The van der Waals surface area contributed by atoms with Crippen LogP contribution in [0.3, 0.4) is 0 Å². The van der Waals surface area contributed by atoms with Gasteiger partial charge < -0.3 is 144 Å². The van der Waals surface area contributed by atoms with Crippen LogP contribution in [0.25, 0.3) is 32.7 Å². The van der Waals surface area contributed by atoms with Crippen LogP contribution >= 0.6 is 0 Å². The van der Waals surface area contributed by atoms with Gasteiger partial charge in [-0.15, -0.1) is 0 Å². The number of carbonyl (C=O) groups excluding carboxylic acids is 17. The molecule has 136 heavy (non-hydrogen) atoms. The third kappa shape index (κ3) is 31.1. The number of amides is 17. The molecule has 0 saturated carbocycles. The zero-order valence-corrected chi connectivity index (χ0v) is 74.1. The predicted octanol–water partition coefficient (Wildman–Crippen LogP) is -5.52. The van der Waals surface area contributed by atoms with E-state index in [1.54, 1.807) is 116 Å². The predicted molar refractivity (Wildman–Crippen MR) is 492 cm³/mol. The smallest absolute Gasteiger partial charge is 0.326 e. The summed E-state index contributed by atoms with van der Waals surface area (Å²) in [7, 11) is 0. The summed E-state index contributed by atoms with van der Waals surface area (Å²) in [4.78, 5) is 262. The minimum absolute atomic E-state index is 0.00832. The van der Waals surface area contributed by atoms with Crippen LogP contribution in [0.2, 0.25) is 0 Å². The Morgan fingerprint density at radius 1 is 0.412 bits per heavy atom. The highest BCUT2D eigenvalue weighted by atomic mass is 16.4. The number of phenolic OH excluding ortho intramolecular Hbond substituents is 1. The monoisotopic (exact) mass is 1880 g/mol. The van der Waals surface area contributed by atoms with Crippen molar-refractivity contribution >= 4 is 145 Å². The number of likely N-dealkylation sites (tertiary alicyclic amines) is 1. The summed E-state index contributed by atoms with van der Waals surface area (Å²) in [5, 5.41) is 73.6. The van der Waals surface area contributed by atoms with E-state index >= 15 is 14.4 Å². The number of aliphatic hydroxyl groups excluding tert-OH is 1. The second-order valence-corrected chi connectivity index (χ2v) is 32.8. The Bertz CT molecular complexity index is 5650. The number of nitrogens with zero attached hydrogens (tertiary/aromatic N) is 1. The van der Waals surface area contributed by atoms with Gasteiger partial charge in [0.05, 0.1) is 38.5 Å². The number of carboxylic acid groups (broad SMARTS) is 1. The lowest BCUT2D eigenvalue weighted by Gasteiger charge is -2.28. The zero-order chi connectivity index (χ0) is 98.8. The maximum absolute atomic E-state index is 15.4. The number of phenols is 1. The van der Waals surface area contributed by atoms with E-state index in [4.69, 9.17) is 45.5 Å². The molecule has 0 bridgehead atoms. The molecule has 46 nitrogen and oxygen atoms in total. The van der Waals surface area contributed by atoms with Gasteiger partial charge in [-0.3, -0.25) is 86.9 Å². The SMILES string of the molecule is N=C(N)NCCC[C@H](NC(=O)[C@H](CCC(N)=O)NC(=O)[C@H](CC(N)=O)NC(=O)[C@H](Cc1ccc(O)cc1)NC(=O)[C@H](Cc1c[nH]c2ccccc12)NC(=O)[C@H](CO)NC(=O)[C@H](Cc1c[nH]c2ccccc12)NC(=O)CNC(=O)[C@H](Cc1c[nH]c2ccccc12)NC(=O)[C@H](CC(N)=O)NC(=O)[C@@H]1CCCN1C(=O)[C@@H](N)CC(N)=O)C(=O)N[C@@H](Cc1ccccc1)C(=O)N[C@@H](CCCCN)C(=O)O. The van der Waals surface area contributed by atoms with Gasteiger partial charge in [0.15, 0.2) is 5.96 Å². The van der Waals surface area contributed by atoms with E-state index in [1.807, 2.05) is 0 Å². The van der Waals surface area contributed by atoms with Crippen molar-refractivity contribution in [2.24, 2.45) is 40.1 Å². The van der Waals surface area contributed by atoms with Crippen LogP contribution < -0.4 is 109 Å². The van der Waals surface area contributed by atoms with E-state index in [2.05, 4.69) is 84.1 Å². The number of hydrogen-bond donors (Lipinski definition) is 27. The molecule has 0 spiro atoms. The van der Waals surface area contributed by atoms with E-state index < -0.39 is 249 Å². The molecule has 46 heteroatoms. The number of carboxylic acids is 1. The second-order valence-electron chi connectivity index (χ2n) is 32.8. The number of aliphatic hydroxyl groups is 1. The van der Waals surface area contributed by atoms with Crippen molar-refractivity contribution < 1.29 is 102 Å². The van der Waals surface area contributed by atoms with Crippen LogP contribution in [0.15, 0.2) is 146 Å². The normalized spacial score (nSPS) is 14.9.